The average molecular weight is 627 g/mol. The van der Waals surface area contributed by atoms with Crippen LogP contribution in [0.3, 0.4) is 0 Å². The van der Waals surface area contributed by atoms with Gasteiger partial charge in [-0.3, -0.25) is 4.90 Å². The molecule has 0 saturated carbocycles. The topological polar surface area (TPSA) is 85.2 Å². The third-order valence-electron chi connectivity index (χ3n) is 8.19. The summed E-state index contributed by atoms with van der Waals surface area (Å²) >= 11 is 0. The molecule has 0 radical (unpaired) electrons. The third kappa shape index (κ3) is 7.03. The molecule has 3 atom stereocenters. The molecule has 3 heterocycles. The zero-order chi connectivity index (χ0) is 32.1. The number of nitrogens with one attached hydrogen (secondary N) is 1. The molecule has 0 aliphatic carbocycles. The number of amides is 1. The molecule has 3 aromatic carbocycles. The minimum absolute atomic E-state index is 0.0672. The Bertz CT molecular complexity index is 1760. The van der Waals surface area contributed by atoms with Crippen molar-refractivity contribution in [1.29, 1.82) is 0 Å². The van der Waals surface area contributed by atoms with Gasteiger partial charge in [0.1, 0.15) is 12.4 Å². The summed E-state index contributed by atoms with van der Waals surface area (Å²) in [6.07, 6.45) is 0.933. The molecule has 6 rings (SSSR count). The predicted molar refractivity (Wildman–Crippen MR) is 167 cm³/mol. The average Bonchev–Trinajstić information content (AvgIpc) is 3.58. The zero-order valence-corrected chi connectivity index (χ0v) is 25.1. The second kappa shape index (κ2) is 13.4. The van der Waals surface area contributed by atoms with Crippen LogP contribution in [0.4, 0.5) is 23.9 Å². The first-order valence-corrected chi connectivity index (χ1v) is 15.1. The van der Waals surface area contributed by atoms with Gasteiger partial charge < -0.3 is 14.6 Å². The highest BCUT2D eigenvalue weighted by Gasteiger charge is 2.37. The Morgan fingerprint density at radius 2 is 1.74 bits per heavy atom. The van der Waals surface area contributed by atoms with Crippen LogP contribution >= 0.6 is 0 Å². The van der Waals surface area contributed by atoms with E-state index >= 15 is 0 Å². The zero-order valence-electron chi connectivity index (χ0n) is 25.1. The minimum Gasteiger partial charge on any atom is -0.445 e. The molecule has 1 amide bonds. The molecule has 1 N–H and O–H groups in total. The van der Waals surface area contributed by atoms with Crippen molar-refractivity contribution in [3.05, 3.63) is 138 Å². The SMILES string of the molecule is CC(Nc1nccc(C2CC(c3nccn3-c3cccc(C(F)(F)F)c3)CCN2C(=O)OCc2ccccc2)n1)c1ccccc1. The van der Waals surface area contributed by atoms with Gasteiger partial charge in [-0.25, -0.2) is 19.7 Å². The number of ether oxygens (including phenoxy) is 1. The quantitative estimate of drug-likeness (QED) is 0.187. The molecule has 2 aromatic heterocycles. The second-order valence-electron chi connectivity index (χ2n) is 11.3. The van der Waals surface area contributed by atoms with Gasteiger partial charge in [0.2, 0.25) is 5.95 Å². The van der Waals surface area contributed by atoms with Crippen LogP contribution in [-0.2, 0) is 17.5 Å². The van der Waals surface area contributed by atoms with E-state index in [-0.39, 0.29) is 18.6 Å². The molecule has 11 heteroatoms. The molecule has 1 aliphatic rings. The van der Waals surface area contributed by atoms with Crippen molar-refractivity contribution in [3.63, 3.8) is 0 Å². The number of anilines is 1. The fourth-order valence-corrected chi connectivity index (χ4v) is 5.81. The fraction of sp³-hybridized carbons (Fsp3) is 0.257. The van der Waals surface area contributed by atoms with Crippen LogP contribution in [0.25, 0.3) is 5.69 Å². The predicted octanol–water partition coefficient (Wildman–Crippen LogP) is 8.11. The molecule has 3 unspecified atom stereocenters. The molecule has 1 aliphatic heterocycles. The number of imidazole rings is 1. The van der Waals surface area contributed by atoms with Gasteiger partial charge in [-0.1, -0.05) is 66.7 Å². The van der Waals surface area contributed by atoms with Crippen molar-refractivity contribution in [2.24, 2.45) is 0 Å². The number of aromatic nitrogens is 4. The Balaban J connectivity index is 1.28. The van der Waals surface area contributed by atoms with Crippen molar-refractivity contribution in [2.45, 2.75) is 50.6 Å². The highest BCUT2D eigenvalue weighted by molar-refractivity contribution is 5.68. The van der Waals surface area contributed by atoms with Gasteiger partial charge in [0.05, 0.1) is 23.3 Å². The molecule has 1 saturated heterocycles. The number of hydrogen-bond donors (Lipinski definition) is 1. The Labute approximate surface area is 264 Å². The number of nitrogens with zero attached hydrogens (tertiary/aromatic N) is 5. The van der Waals surface area contributed by atoms with Crippen molar-refractivity contribution in [1.82, 2.24) is 24.4 Å². The molecule has 46 heavy (non-hydrogen) atoms. The van der Waals surface area contributed by atoms with E-state index in [1.807, 2.05) is 67.6 Å². The Morgan fingerprint density at radius 3 is 2.50 bits per heavy atom. The van der Waals surface area contributed by atoms with E-state index in [1.165, 1.54) is 6.07 Å². The molecule has 5 aromatic rings. The number of rotatable bonds is 8. The number of alkyl halides is 3. The van der Waals surface area contributed by atoms with Crippen LogP contribution < -0.4 is 5.32 Å². The van der Waals surface area contributed by atoms with Gasteiger partial charge in [-0.05, 0) is 55.2 Å². The normalized spacial score (nSPS) is 17.3. The van der Waals surface area contributed by atoms with Crippen molar-refractivity contribution in [3.8, 4) is 5.69 Å². The number of benzene rings is 3. The first-order chi connectivity index (χ1) is 22.3. The van der Waals surface area contributed by atoms with Crippen molar-refractivity contribution < 1.29 is 22.7 Å². The maximum Gasteiger partial charge on any atom is 0.416 e. The summed E-state index contributed by atoms with van der Waals surface area (Å²) in [4.78, 5) is 29.0. The van der Waals surface area contributed by atoms with Gasteiger partial charge >= 0.3 is 12.3 Å². The minimum atomic E-state index is -4.47. The summed E-state index contributed by atoms with van der Waals surface area (Å²) in [5.74, 6) is 0.855. The Kier molecular flexibility index (Phi) is 9.00. The number of carbonyl (C=O) groups excluding carboxylic acids is 1. The molecule has 1 fully saturated rings. The lowest BCUT2D eigenvalue weighted by molar-refractivity contribution is -0.137. The highest BCUT2D eigenvalue weighted by atomic mass is 19.4. The van der Waals surface area contributed by atoms with Crippen LogP contribution in [0.15, 0.2) is 110 Å². The van der Waals surface area contributed by atoms with E-state index in [2.05, 4.69) is 15.3 Å². The molecule has 0 spiro atoms. The molecule has 0 bridgehead atoms. The summed E-state index contributed by atoms with van der Waals surface area (Å²) in [6.45, 7) is 2.48. The summed E-state index contributed by atoms with van der Waals surface area (Å²) in [5, 5.41) is 3.35. The van der Waals surface area contributed by atoms with E-state index in [0.717, 1.165) is 23.3 Å². The monoisotopic (exact) mass is 626 g/mol. The fourth-order valence-electron chi connectivity index (χ4n) is 5.81. The van der Waals surface area contributed by atoms with Gasteiger partial charge in [0.25, 0.3) is 0 Å². The summed E-state index contributed by atoms with van der Waals surface area (Å²) in [7, 11) is 0. The van der Waals surface area contributed by atoms with E-state index in [9.17, 15) is 18.0 Å². The van der Waals surface area contributed by atoms with Crippen LogP contribution in [0.2, 0.25) is 0 Å². The molecule has 8 nitrogen and oxygen atoms in total. The molecule has 236 valence electrons. The van der Waals surface area contributed by atoms with Gasteiger partial charge in [0.15, 0.2) is 0 Å². The van der Waals surface area contributed by atoms with Crippen LogP contribution in [0.1, 0.15) is 66.0 Å². The van der Waals surface area contributed by atoms with E-state index in [1.54, 1.807) is 40.2 Å². The molecular formula is C35H33F3N6O2. The van der Waals surface area contributed by atoms with Crippen molar-refractivity contribution >= 4 is 12.0 Å². The standard InChI is InChI=1S/C35H33F3N6O2/c1-24(26-11-6-3-7-12-26)41-33-40-17-15-30(42-33)31-21-27(16-19-44(31)34(45)46-23-25-9-4-2-5-10-25)32-39-18-20-43(32)29-14-8-13-28(22-29)35(36,37)38/h2-15,17-18,20,22,24,27,31H,16,19,21,23H2,1H3,(H,40,41,42). The maximum absolute atomic E-state index is 13.5. The number of carbonyl (C=O) groups is 1. The largest absolute Gasteiger partial charge is 0.445 e. The summed E-state index contributed by atoms with van der Waals surface area (Å²) in [5.41, 5.74) is 2.20. The smallest absolute Gasteiger partial charge is 0.416 e. The lowest BCUT2D eigenvalue weighted by Crippen LogP contribution is -2.41. The third-order valence-corrected chi connectivity index (χ3v) is 8.19. The van der Waals surface area contributed by atoms with E-state index < -0.39 is 23.9 Å². The van der Waals surface area contributed by atoms with Crippen LogP contribution in [0, 0.1) is 0 Å². The Hall–Kier alpha value is -5.19. The van der Waals surface area contributed by atoms with E-state index in [0.29, 0.717) is 42.5 Å². The lowest BCUT2D eigenvalue weighted by atomic mass is 9.88. The number of likely N-dealkylation sites (tertiary alicyclic amines) is 1. The summed E-state index contributed by atoms with van der Waals surface area (Å²) in [6, 6.07) is 25.8. The van der Waals surface area contributed by atoms with Crippen LogP contribution in [0.5, 0.6) is 0 Å². The Morgan fingerprint density at radius 1 is 0.978 bits per heavy atom. The molecular weight excluding hydrogens is 593 g/mol. The maximum atomic E-state index is 13.5. The lowest BCUT2D eigenvalue weighted by Gasteiger charge is -2.38. The number of halogens is 3. The number of hydrogen-bond acceptors (Lipinski definition) is 6. The summed E-state index contributed by atoms with van der Waals surface area (Å²) < 4.78 is 48.0. The highest BCUT2D eigenvalue weighted by Crippen LogP contribution is 2.40. The van der Waals surface area contributed by atoms with Gasteiger partial charge in [-0.2, -0.15) is 13.2 Å². The van der Waals surface area contributed by atoms with Crippen molar-refractivity contribution in [2.75, 3.05) is 11.9 Å². The van der Waals surface area contributed by atoms with Gasteiger partial charge in [-0.15, -0.1) is 0 Å². The van der Waals surface area contributed by atoms with E-state index in [4.69, 9.17) is 9.72 Å². The van der Waals surface area contributed by atoms with Gasteiger partial charge in [0, 0.05) is 36.7 Å². The first kappa shape index (κ1) is 30.8. The van der Waals surface area contributed by atoms with Crippen LogP contribution in [-0.4, -0.2) is 37.1 Å². The first-order valence-electron chi connectivity index (χ1n) is 15.1. The second-order valence-corrected chi connectivity index (χ2v) is 11.3. The number of piperidine rings is 1.